The van der Waals surface area contributed by atoms with Gasteiger partial charge in [-0.3, -0.25) is 14.5 Å². The van der Waals surface area contributed by atoms with Gasteiger partial charge in [0.1, 0.15) is 0 Å². The van der Waals surface area contributed by atoms with E-state index in [0.29, 0.717) is 24.6 Å². The molecule has 1 heterocycles. The van der Waals surface area contributed by atoms with E-state index in [0.717, 1.165) is 23.8 Å². The summed E-state index contributed by atoms with van der Waals surface area (Å²) in [6, 6.07) is 7.61. The number of aryl methyl sites for hydroxylation is 1. The molecule has 0 atom stereocenters. The average molecular weight is 512 g/mol. The zero-order chi connectivity index (χ0) is 20.7. The van der Waals surface area contributed by atoms with Gasteiger partial charge in [-0.25, -0.2) is 0 Å². The number of nitrogens with one attached hydrogen (secondary N) is 2. The van der Waals surface area contributed by atoms with Gasteiger partial charge in [0.2, 0.25) is 0 Å². The third-order valence-corrected chi connectivity index (χ3v) is 4.47. The number of amides is 1. The maximum Gasteiger partial charge on any atom is 0.251 e. The second-order valence-electron chi connectivity index (χ2n) is 7.18. The maximum absolute atomic E-state index is 11.8. The number of rotatable bonds is 7. The summed E-state index contributed by atoms with van der Waals surface area (Å²) < 4.78 is 1.87. The third kappa shape index (κ3) is 7.02. The monoisotopic (exact) mass is 512 g/mol. The molecule has 0 aliphatic carbocycles. The zero-order valence-electron chi connectivity index (χ0n) is 18.2. The van der Waals surface area contributed by atoms with Crippen molar-refractivity contribution in [2.45, 2.75) is 39.8 Å². The summed E-state index contributed by atoms with van der Waals surface area (Å²) in [6.07, 6.45) is 2.07. The first kappa shape index (κ1) is 24.9. The third-order valence-electron chi connectivity index (χ3n) is 4.47. The average Bonchev–Trinajstić information content (AvgIpc) is 3.03. The molecular formula is C21H33IN6O. The normalized spacial score (nSPS) is 11.2. The van der Waals surface area contributed by atoms with Crippen molar-refractivity contribution >= 4 is 35.8 Å². The molecule has 0 fully saturated rings. The number of hydrogen-bond acceptors (Lipinski definition) is 3. The molecule has 2 rings (SSSR count). The lowest BCUT2D eigenvalue weighted by atomic mass is 10.1. The topological polar surface area (TPSA) is 74.6 Å². The van der Waals surface area contributed by atoms with Crippen LogP contribution in [0.4, 0.5) is 0 Å². The van der Waals surface area contributed by atoms with E-state index in [2.05, 4.69) is 45.7 Å². The van der Waals surface area contributed by atoms with Gasteiger partial charge in [0.05, 0.1) is 5.69 Å². The number of halogens is 1. The highest BCUT2D eigenvalue weighted by molar-refractivity contribution is 14.0. The van der Waals surface area contributed by atoms with Gasteiger partial charge in [0.15, 0.2) is 5.96 Å². The quantitative estimate of drug-likeness (QED) is 0.340. The fourth-order valence-electron chi connectivity index (χ4n) is 3.10. The van der Waals surface area contributed by atoms with Crippen molar-refractivity contribution in [1.82, 2.24) is 25.3 Å². The Bertz CT molecular complexity index is 813. The Balaban J connectivity index is 0.00000420. The van der Waals surface area contributed by atoms with Crippen molar-refractivity contribution in [1.29, 1.82) is 0 Å². The minimum absolute atomic E-state index is 0. The number of guanidine groups is 1. The Morgan fingerprint density at radius 1 is 1.24 bits per heavy atom. The Hall–Kier alpha value is -2.10. The van der Waals surface area contributed by atoms with Crippen LogP contribution in [0.1, 0.15) is 53.9 Å². The van der Waals surface area contributed by atoms with Gasteiger partial charge < -0.3 is 15.5 Å². The van der Waals surface area contributed by atoms with E-state index >= 15 is 0 Å². The van der Waals surface area contributed by atoms with E-state index in [-0.39, 0.29) is 29.9 Å². The Kier molecular flexibility index (Phi) is 10.1. The molecule has 1 amide bonds. The van der Waals surface area contributed by atoms with Crippen LogP contribution in [0.5, 0.6) is 0 Å². The van der Waals surface area contributed by atoms with Crippen molar-refractivity contribution in [3.05, 3.63) is 52.8 Å². The van der Waals surface area contributed by atoms with Crippen molar-refractivity contribution in [3.63, 3.8) is 0 Å². The number of hydrogen-bond donors (Lipinski definition) is 2. The molecule has 0 unspecified atom stereocenters. The smallest absolute Gasteiger partial charge is 0.251 e. The highest BCUT2D eigenvalue weighted by Crippen LogP contribution is 2.18. The van der Waals surface area contributed by atoms with Crippen LogP contribution in [-0.4, -0.2) is 47.2 Å². The van der Waals surface area contributed by atoms with Gasteiger partial charge in [0.25, 0.3) is 5.91 Å². The first-order chi connectivity index (χ1) is 13.3. The van der Waals surface area contributed by atoms with Crippen LogP contribution in [0, 0.1) is 0 Å². The van der Waals surface area contributed by atoms with E-state index in [4.69, 9.17) is 0 Å². The minimum Gasteiger partial charge on any atom is -0.352 e. The standard InChI is InChI=1S/C21H32N6O.HI/c1-7-23-20(28)17-10-8-16(9-11-17)12-24-21(22-4)26(5)13-18-14-27(6)25-19(18)15(2)3;/h8-11,14-15H,7,12-13H2,1-6H3,(H,22,24)(H,23,28);1H. The molecule has 0 saturated carbocycles. The molecular weight excluding hydrogens is 479 g/mol. The molecule has 2 aromatic rings. The predicted molar refractivity (Wildman–Crippen MR) is 129 cm³/mol. The fourth-order valence-corrected chi connectivity index (χ4v) is 3.10. The number of carbonyl (C=O) groups is 1. The molecule has 29 heavy (non-hydrogen) atoms. The molecule has 1 aromatic heterocycles. The van der Waals surface area contributed by atoms with Crippen LogP contribution in [-0.2, 0) is 20.1 Å². The van der Waals surface area contributed by atoms with Crippen molar-refractivity contribution < 1.29 is 4.79 Å². The Labute approximate surface area is 191 Å². The molecule has 7 nitrogen and oxygen atoms in total. The number of aromatic nitrogens is 2. The number of aliphatic imine (C=N–C) groups is 1. The van der Waals surface area contributed by atoms with E-state index in [9.17, 15) is 4.79 Å². The van der Waals surface area contributed by atoms with Crippen LogP contribution < -0.4 is 10.6 Å². The second kappa shape index (κ2) is 11.8. The molecule has 0 saturated heterocycles. The lowest BCUT2D eigenvalue weighted by Gasteiger charge is -2.22. The molecule has 0 aliphatic heterocycles. The van der Waals surface area contributed by atoms with E-state index in [1.165, 1.54) is 5.56 Å². The molecule has 0 spiro atoms. The van der Waals surface area contributed by atoms with Crippen LogP contribution in [0.25, 0.3) is 0 Å². The molecule has 0 aliphatic rings. The van der Waals surface area contributed by atoms with Crippen molar-refractivity contribution in [3.8, 4) is 0 Å². The number of nitrogens with zero attached hydrogens (tertiary/aromatic N) is 4. The molecule has 8 heteroatoms. The second-order valence-corrected chi connectivity index (χ2v) is 7.18. The highest BCUT2D eigenvalue weighted by atomic mass is 127. The Morgan fingerprint density at radius 2 is 1.90 bits per heavy atom. The van der Waals surface area contributed by atoms with Gasteiger partial charge >= 0.3 is 0 Å². The van der Waals surface area contributed by atoms with Crippen LogP contribution in [0.2, 0.25) is 0 Å². The first-order valence-electron chi connectivity index (χ1n) is 9.67. The Morgan fingerprint density at radius 3 is 2.45 bits per heavy atom. The van der Waals surface area contributed by atoms with E-state index < -0.39 is 0 Å². The highest BCUT2D eigenvalue weighted by Gasteiger charge is 2.15. The largest absolute Gasteiger partial charge is 0.352 e. The molecule has 1 aromatic carbocycles. The van der Waals surface area contributed by atoms with E-state index in [1.54, 1.807) is 7.05 Å². The zero-order valence-corrected chi connectivity index (χ0v) is 20.5. The lowest BCUT2D eigenvalue weighted by Crippen LogP contribution is -2.38. The number of carbonyl (C=O) groups excluding carboxylic acids is 1. The SMILES string of the molecule is CCNC(=O)c1ccc(CNC(=NC)N(C)Cc2cn(C)nc2C(C)C)cc1.I. The van der Waals surface area contributed by atoms with Crippen LogP contribution in [0.3, 0.4) is 0 Å². The van der Waals surface area contributed by atoms with Gasteiger partial charge in [-0.1, -0.05) is 26.0 Å². The van der Waals surface area contributed by atoms with Crippen molar-refractivity contribution in [2.24, 2.45) is 12.0 Å². The summed E-state index contributed by atoms with van der Waals surface area (Å²) in [5.74, 6) is 1.14. The van der Waals surface area contributed by atoms with Gasteiger partial charge in [-0.15, -0.1) is 24.0 Å². The lowest BCUT2D eigenvalue weighted by molar-refractivity contribution is 0.0956. The minimum atomic E-state index is -0.0463. The maximum atomic E-state index is 11.8. The van der Waals surface area contributed by atoms with E-state index in [1.807, 2.05) is 50.0 Å². The molecule has 2 N–H and O–H groups in total. The van der Waals surface area contributed by atoms with Crippen LogP contribution in [0.15, 0.2) is 35.5 Å². The van der Waals surface area contributed by atoms with Crippen LogP contribution >= 0.6 is 24.0 Å². The molecule has 0 bridgehead atoms. The van der Waals surface area contributed by atoms with Crippen molar-refractivity contribution in [2.75, 3.05) is 20.6 Å². The summed E-state index contributed by atoms with van der Waals surface area (Å²) in [5, 5.41) is 10.8. The summed E-state index contributed by atoms with van der Waals surface area (Å²) >= 11 is 0. The van der Waals surface area contributed by atoms with Gasteiger partial charge in [-0.2, -0.15) is 5.10 Å². The first-order valence-corrected chi connectivity index (χ1v) is 9.67. The van der Waals surface area contributed by atoms with Gasteiger partial charge in [-0.05, 0) is 30.5 Å². The summed E-state index contributed by atoms with van der Waals surface area (Å²) in [7, 11) is 5.75. The number of benzene rings is 1. The summed E-state index contributed by atoms with van der Waals surface area (Å²) in [6.45, 7) is 8.22. The predicted octanol–water partition coefficient (Wildman–Crippen LogP) is 3.12. The molecule has 160 valence electrons. The summed E-state index contributed by atoms with van der Waals surface area (Å²) in [4.78, 5) is 18.3. The molecule has 0 radical (unpaired) electrons. The van der Waals surface area contributed by atoms with Gasteiger partial charge in [0, 0.05) is 58.1 Å². The fraction of sp³-hybridized carbons (Fsp3) is 0.476. The summed E-state index contributed by atoms with van der Waals surface area (Å²) in [5.41, 5.74) is 4.08.